The highest BCUT2D eigenvalue weighted by Gasteiger charge is 2.36. The Morgan fingerprint density at radius 2 is 1.91 bits per heavy atom. The summed E-state index contributed by atoms with van der Waals surface area (Å²) < 4.78 is 17.1. The number of carboxylic acids is 1. The molecule has 2 saturated heterocycles. The molecule has 34 heavy (non-hydrogen) atoms. The minimum absolute atomic E-state index is 0.0558. The standard InChI is InChI=1S/C25H32ClN3O5/c1-16-15-28(20-12-24(33-3)27-14-19(20)26)10-8-22(16)34-18-6-4-17(5-7-18)29-11-9-23(32-2)21(29)13-25(30)31/h4-7,12,14,16,21-23H,8-11,13,15H2,1-3H3,(H,30,31). The minimum atomic E-state index is -0.814. The quantitative estimate of drug-likeness (QED) is 0.593. The first-order valence-electron chi connectivity index (χ1n) is 11.6. The zero-order valence-corrected chi connectivity index (χ0v) is 20.6. The molecule has 1 aromatic carbocycles. The van der Waals surface area contributed by atoms with E-state index >= 15 is 0 Å². The molecule has 2 aromatic rings. The normalized spacial score (nSPS) is 24.8. The van der Waals surface area contributed by atoms with E-state index in [1.165, 1.54) is 0 Å². The maximum Gasteiger partial charge on any atom is 0.305 e. The first-order valence-corrected chi connectivity index (χ1v) is 12.0. The lowest BCUT2D eigenvalue weighted by Crippen LogP contribution is -2.44. The second kappa shape index (κ2) is 10.7. The number of carbonyl (C=O) groups is 1. The van der Waals surface area contributed by atoms with Crippen LogP contribution in [0.5, 0.6) is 11.6 Å². The number of pyridine rings is 1. The van der Waals surface area contributed by atoms with Crippen LogP contribution in [0.25, 0.3) is 0 Å². The molecule has 4 rings (SSSR count). The topological polar surface area (TPSA) is 84.4 Å². The van der Waals surface area contributed by atoms with E-state index in [9.17, 15) is 9.90 Å². The summed E-state index contributed by atoms with van der Waals surface area (Å²) in [5.41, 5.74) is 1.92. The summed E-state index contributed by atoms with van der Waals surface area (Å²) in [6.45, 7) is 4.60. The van der Waals surface area contributed by atoms with Crippen molar-refractivity contribution >= 4 is 28.9 Å². The van der Waals surface area contributed by atoms with Crippen molar-refractivity contribution in [2.75, 3.05) is 43.7 Å². The maximum absolute atomic E-state index is 11.3. The highest BCUT2D eigenvalue weighted by molar-refractivity contribution is 6.33. The van der Waals surface area contributed by atoms with Crippen LogP contribution >= 0.6 is 11.6 Å². The number of hydrogen-bond acceptors (Lipinski definition) is 7. The third kappa shape index (κ3) is 5.33. The van der Waals surface area contributed by atoms with Crippen LogP contribution in [0.2, 0.25) is 5.02 Å². The highest BCUT2D eigenvalue weighted by Crippen LogP contribution is 2.34. The molecule has 184 valence electrons. The van der Waals surface area contributed by atoms with Gasteiger partial charge in [0.2, 0.25) is 5.88 Å². The Morgan fingerprint density at radius 1 is 1.18 bits per heavy atom. The molecule has 8 nitrogen and oxygen atoms in total. The number of hydrogen-bond donors (Lipinski definition) is 1. The van der Waals surface area contributed by atoms with Gasteiger partial charge in [-0.25, -0.2) is 4.98 Å². The molecule has 0 spiro atoms. The van der Waals surface area contributed by atoms with Crippen molar-refractivity contribution in [3.8, 4) is 11.6 Å². The van der Waals surface area contributed by atoms with E-state index in [4.69, 9.17) is 25.8 Å². The van der Waals surface area contributed by atoms with Crippen LogP contribution in [-0.4, -0.2) is 68.2 Å². The average molecular weight is 490 g/mol. The van der Waals surface area contributed by atoms with E-state index in [2.05, 4.69) is 21.7 Å². The number of ether oxygens (including phenoxy) is 3. The Labute approximate surface area is 205 Å². The third-order valence-corrected chi connectivity index (χ3v) is 7.10. The fourth-order valence-electron chi connectivity index (χ4n) is 5.01. The molecule has 0 bridgehead atoms. The molecular weight excluding hydrogens is 458 g/mol. The van der Waals surface area contributed by atoms with Gasteiger partial charge in [-0.05, 0) is 30.7 Å². The fraction of sp³-hybridized carbons (Fsp3) is 0.520. The number of anilines is 2. The van der Waals surface area contributed by atoms with Crippen molar-refractivity contribution in [2.45, 2.75) is 44.4 Å². The lowest BCUT2D eigenvalue weighted by molar-refractivity contribution is -0.138. The minimum Gasteiger partial charge on any atom is -0.490 e. The maximum atomic E-state index is 11.3. The average Bonchev–Trinajstić information content (AvgIpc) is 3.23. The molecule has 2 fully saturated rings. The largest absolute Gasteiger partial charge is 0.490 e. The van der Waals surface area contributed by atoms with Gasteiger partial charge in [0, 0.05) is 50.8 Å². The number of nitrogens with zero attached hydrogens (tertiary/aromatic N) is 3. The Balaban J connectivity index is 1.38. The first-order chi connectivity index (χ1) is 16.4. The zero-order chi connectivity index (χ0) is 24.2. The fourth-order valence-corrected chi connectivity index (χ4v) is 5.24. The molecule has 1 N–H and O–H groups in total. The molecule has 4 unspecified atom stereocenters. The Morgan fingerprint density at radius 3 is 2.56 bits per heavy atom. The summed E-state index contributed by atoms with van der Waals surface area (Å²) in [5.74, 6) is 0.844. The van der Waals surface area contributed by atoms with E-state index in [1.807, 2.05) is 30.3 Å². The van der Waals surface area contributed by atoms with Gasteiger partial charge in [0.05, 0.1) is 42.6 Å². The summed E-state index contributed by atoms with van der Waals surface area (Å²) in [7, 11) is 3.24. The van der Waals surface area contributed by atoms with Gasteiger partial charge in [0.1, 0.15) is 11.9 Å². The van der Waals surface area contributed by atoms with Crippen LogP contribution in [0.3, 0.4) is 0 Å². The second-order valence-corrected chi connectivity index (χ2v) is 9.37. The first kappa shape index (κ1) is 24.4. The molecule has 2 aliphatic heterocycles. The van der Waals surface area contributed by atoms with Crippen molar-refractivity contribution in [3.05, 3.63) is 41.6 Å². The van der Waals surface area contributed by atoms with E-state index < -0.39 is 5.97 Å². The van der Waals surface area contributed by atoms with E-state index in [0.29, 0.717) is 16.8 Å². The monoisotopic (exact) mass is 489 g/mol. The second-order valence-electron chi connectivity index (χ2n) is 8.96. The zero-order valence-electron chi connectivity index (χ0n) is 19.8. The predicted molar refractivity (Wildman–Crippen MR) is 131 cm³/mol. The molecule has 3 heterocycles. The molecule has 2 aliphatic rings. The SMILES string of the molecule is COc1cc(N2CCC(Oc3ccc(N4CCC(OC)C4CC(=O)O)cc3)C(C)C2)c(Cl)cn1. The van der Waals surface area contributed by atoms with Crippen molar-refractivity contribution in [2.24, 2.45) is 5.92 Å². The van der Waals surface area contributed by atoms with E-state index in [-0.39, 0.29) is 24.7 Å². The van der Waals surface area contributed by atoms with Crippen LogP contribution < -0.4 is 19.3 Å². The third-order valence-electron chi connectivity index (χ3n) is 6.81. The summed E-state index contributed by atoms with van der Waals surface area (Å²) in [6.07, 6.45) is 3.38. The summed E-state index contributed by atoms with van der Waals surface area (Å²) in [5, 5.41) is 9.93. The van der Waals surface area contributed by atoms with Crippen molar-refractivity contribution in [3.63, 3.8) is 0 Å². The smallest absolute Gasteiger partial charge is 0.305 e. The lowest BCUT2D eigenvalue weighted by Gasteiger charge is -2.38. The number of piperidine rings is 1. The van der Waals surface area contributed by atoms with E-state index in [0.717, 1.165) is 49.6 Å². The molecular formula is C25H32ClN3O5. The lowest BCUT2D eigenvalue weighted by atomic mass is 9.96. The Kier molecular flexibility index (Phi) is 7.68. The number of benzene rings is 1. The van der Waals surface area contributed by atoms with Crippen molar-refractivity contribution < 1.29 is 24.1 Å². The van der Waals surface area contributed by atoms with Crippen LogP contribution in [-0.2, 0) is 9.53 Å². The van der Waals surface area contributed by atoms with Crippen molar-refractivity contribution in [1.82, 2.24) is 4.98 Å². The van der Waals surface area contributed by atoms with Gasteiger partial charge in [0.25, 0.3) is 0 Å². The predicted octanol–water partition coefficient (Wildman–Crippen LogP) is 4.11. The number of aliphatic carboxylic acids is 1. The van der Waals surface area contributed by atoms with Gasteiger partial charge >= 0.3 is 5.97 Å². The molecule has 1 aromatic heterocycles. The van der Waals surface area contributed by atoms with Crippen LogP contribution in [0.1, 0.15) is 26.2 Å². The summed E-state index contributed by atoms with van der Waals surface area (Å²) in [4.78, 5) is 19.9. The number of halogens is 1. The Bertz CT molecular complexity index is 989. The van der Waals surface area contributed by atoms with Gasteiger partial charge in [-0.3, -0.25) is 4.79 Å². The highest BCUT2D eigenvalue weighted by atomic mass is 35.5. The molecule has 0 radical (unpaired) electrons. The summed E-state index contributed by atoms with van der Waals surface area (Å²) >= 11 is 6.39. The van der Waals surface area contributed by atoms with Gasteiger partial charge in [-0.2, -0.15) is 0 Å². The summed E-state index contributed by atoms with van der Waals surface area (Å²) in [6, 6.07) is 9.65. The van der Waals surface area contributed by atoms with Gasteiger partial charge < -0.3 is 29.1 Å². The van der Waals surface area contributed by atoms with Crippen LogP contribution in [0, 0.1) is 5.92 Å². The number of aromatic nitrogens is 1. The van der Waals surface area contributed by atoms with Gasteiger partial charge in [-0.15, -0.1) is 0 Å². The van der Waals surface area contributed by atoms with E-state index in [1.54, 1.807) is 20.4 Å². The molecule has 9 heteroatoms. The number of carboxylic acid groups (broad SMARTS) is 1. The molecule has 0 aliphatic carbocycles. The van der Waals surface area contributed by atoms with Crippen LogP contribution in [0.15, 0.2) is 36.5 Å². The van der Waals surface area contributed by atoms with Crippen LogP contribution in [0.4, 0.5) is 11.4 Å². The van der Waals surface area contributed by atoms with Crippen molar-refractivity contribution in [1.29, 1.82) is 0 Å². The Hall–Kier alpha value is -2.71. The number of rotatable bonds is 8. The van der Waals surface area contributed by atoms with Gasteiger partial charge in [0.15, 0.2) is 0 Å². The molecule has 0 amide bonds. The number of methoxy groups -OCH3 is 2. The molecule has 4 atom stereocenters. The molecule has 0 saturated carbocycles. The van der Waals surface area contributed by atoms with Gasteiger partial charge in [-0.1, -0.05) is 18.5 Å².